The fraction of sp³-hybridized carbons (Fsp3) is 0.619. The lowest BCUT2D eigenvalue weighted by atomic mass is 9.79. The van der Waals surface area contributed by atoms with E-state index in [9.17, 15) is 9.59 Å². The van der Waals surface area contributed by atoms with Gasteiger partial charge in [0.25, 0.3) is 0 Å². The summed E-state index contributed by atoms with van der Waals surface area (Å²) in [5, 5.41) is 2.86. The molecule has 2 saturated carbocycles. The van der Waals surface area contributed by atoms with Crippen LogP contribution in [0.2, 0.25) is 0 Å². The molecule has 27 heavy (non-hydrogen) atoms. The van der Waals surface area contributed by atoms with Crippen molar-refractivity contribution in [2.45, 2.75) is 50.0 Å². The van der Waals surface area contributed by atoms with E-state index >= 15 is 0 Å². The van der Waals surface area contributed by atoms with Crippen LogP contribution in [0.5, 0.6) is 0 Å². The van der Waals surface area contributed by atoms with Crippen LogP contribution in [0.25, 0.3) is 0 Å². The van der Waals surface area contributed by atoms with Gasteiger partial charge in [-0.15, -0.1) is 0 Å². The normalized spacial score (nSPS) is 31.3. The zero-order valence-electron chi connectivity index (χ0n) is 15.4. The molecule has 2 saturated heterocycles. The lowest BCUT2D eigenvalue weighted by Crippen LogP contribution is -2.52. The first-order chi connectivity index (χ1) is 13.2. The van der Waals surface area contributed by atoms with Gasteiger partial charge in [0.05, 0.1) is 19.3 Å². The Hall–Kier alpha value is -1.92. The van der Waals surface area contributed by atoms with Crippen molar-refractivity contribution in [3.63, 3.8) is 0 Å². The highest BCUT2D eigenvalue weighted by Gasteiger charge is 2.51. The molecule has 3 unspecified atom stereocenters. The number of nitrogens with one attached hydrogen (secondary N) is 1. The van der Waals surface area contributed by atoms with Gasteiger partial charge in [-0.1, -0.05) is 30.3 Å². The number of hydrogen-bond acceptors (Lipinski definition) is 4. The van der Waals surface area contributed by atoms with Crippen LogP contribution in [0, 0.1) is 11.8 Å². The van der Waals surface area contributed by atoms with Crippen LogP contribution in [0.15, 0.2) is 30.3 Å². The summed E-state index contributed by atoms with van der Waals surface area (Å²) in [7, 11) is 0. The molecule has 0 aromatic heterocycles. The minimum Gasteiger partial charge on any atom is -0.348 e. The average molecular weight is 370 g/mol. The SMILES string of the molecule is O=C(NCC1CC2(C1)OCCO2)C(=O)N1C2CCC(C2)C1c1ccccc1. The second kappa shape index (κ2) is 6.60. The molecule has 2 aliphatic carbocycles. The third kappa shape index (κ3) is 2.95. The lowest BCUT2D eigenvalue weighted by Gasteiger charge is -2.43. The van der Waals surface area contributed by atoms with Gasteiger partial charge in [0.1, 0.15) is 0 Å². The highest BCUT2D eigenvalue weighted by molar-refractivity contribution is 6.35. The topological polar surface area (TPSA) is 67.9 Å². The van der Waals surface area contributed by atoms with Crippen LogP contribution in [-0.4, -0.2) is 48.3 Å². The number of carbonyl (C=O) groups is 2. The summed E-state index contributed by atoms with van der Waals surface area (Å²) in [4.78, 5) is 27.4. The second-order valence-corrected chi connectivity index (χ2v) is 8.39. The van der Waals surface area contributed by atoms with Gasteiger partial charge in [-0.05, 0) is 36.7 Å². The number of likely N-dealkylation sites (tertiary alicyclic amines) is 1. The van der Waals surface area contributed by atoms with Crippen molar-refractivity contribution in [3.05, 3.63) is 35.9 Å². The van der Waals surface area contributed by atoms with Gasteiger partial charge in [-0.3, -0.25) is 9.59 Å². The van der Waals surface area contributed by atoms with E-state index in [1.807, 2.05) is 23.1 Å². The Morgan fingerprint density at radius 1 is 1.11 bits per heavy atom. The summed E-state index contributed by atoms with van der Waals surface area (Å²) >= 11 is 0. The fourth-order valence-corrected chi connectivity index (χ4v) is 5.49. The third-order valence-corrected chi connectivity index (χ3v) is 6.72. The smallest absolute Gasteiger partial charge is 0.312 e. The molecule has 1 aromatic carbocycles. The van der Waals surface area contributed by atoms with Crippen molar-refractivity contribution in [1.82, 2.24) is 10.2 Å². The number of fused-ring (bicyclic) bond motifs is 2. The maximum absolute atomic E-state index is 13.0. The van der Waals surface area contributed by atoms with Gasteiger partial charge >= 0.3 is 11.8 Å². The molecule has 3 atom stereocenters. The van der Waals surface area contributed by atoms with Crippen LogP contribution in [-0.2, 0) is 19.1 Å². The number of rotatable bonds is 3. The van der Waals surface area contributed by atoms with E-state index in [-0.39, 0.29) is 18.0 Å². The van der Waals surface area contributed by atoms with Gasteiger partial charge in [-0.2, -0.15) is 0 Å². The molecule has 5 rings (SSSR count). The summed E-state index contributed by atoms with van der Waals surface area (Å²) in [6.07, 6.45) is 4.75. The van der Waals surface area contributed by atoms with Crippen LogP contribution in [0.4, 0.5) is 0 Å². The molecule has 1 aromatic rings. The van der Waals surface area contributed by atoms with Gasteiger partial charge in [-0.25, -0.2) is 0 Å². The molecule has 2 amide bonds. The van der Waals surface area contributed by atoms with E-state index in [0.717, 1.165) is 37.7 Å². The van der Waals surface area contributed by atoms with Gasteiger partial charge in [0, 0.05) is 25.4 Å². The summed E-state index contributed by atoms with van der Waals surface area (Å²) in [5.74, 6) is -0.473. The van der Waals surface area contributed by atoms with E-state index in [0.29, 0.717) is 31.6 Å². The molecular formula is C21H26N2O4. The summed E-state index contributed by atoms with van der Waals surface area (Å²) in [5.41, 5.74) is 1.14. The summed E-state index contributed by atoms with van der Waals surface area (Å²) < 4.78 is 11.3. The van der Waals surface area contributed by atoms with Crippen molar-refractivity contribution < 1.29 is 19.1 Å². The molecule has 2 aliphatic heterocycles. The Morgan fingerprint density at radius 3 is 2.59 bits per heavy atom. The first-order valence-electron chi connectivity index (χ1n) is 10.1. The zero-order valence-corrected chi connectivity index (χ0v) is 15.4. The van der Waals surface area contributed by atoms with Crippen LogP contribution in [0.1, 0.15) is 43.7 Å². The number of nitrogens with zero attached hydrogens (tertiary/aromatic N) is 1. The zero-order chi connectivity index (χ0) is 18.4. The molecule has 2 heterocycles. The van der Waals surface area contributed by atoms with Crippen LogP contribution >= 0.6 is 0 Å². The predicted octanol–water partition coefficient (Wildman–Crippen LogP) is 2.01. The number of hydrogen-bond donors (Lipinski definition) is 1. The van der Waals surface area contributed by atoms with Crippen molar-refractivity contribution in [3.8, 4) is 0 Å². The minimum absolute atomic E-state index is 0.0375. The van der Waals surface area contributed by atoms with Crippen molar-refractivity contribution >= 4 is 11.8 Å². The first-order valence-corrected chi connectivity index (χ1v) is 10.1. The monoisotopic (exact) mass is 370 g/mol. The highest BCUT2D eigenvalue weighted by Crippen LogP contribution is 2.50. The molecule has 144 valence electrons. The highest BCUT2D eigenvalue weighted by atomic mass is 16.7. The molecule has 2 bridgehead atoms. The standard InChI is InChI=1S/C21H26N2O4/c24-19(22-13-14-11-21(12-14)26-8-9-27-21)20(25)23-17-7-6-16(10-17)18(23)15-4-2-1-3-5-15/h1-5,14,16-18H,6-13H2,(H,22,24). The Kier molecular flexibility index (Phi) is 4.20. The quantitative estimate of drug-likeness (QED) is 0.827. The molecule has 6 nitrogen and oxygen atoms in total. The van der Waals surface area contributed by atoms with E-state index in [4.69, 9.17) is 9.47 Å². The summed E-state index contributed by atoms with van der Waals surface area (Å²) in [6.45, 7) is 1.81. The lowest BCUT2D eigenvalue weighted by molar-refractivity contribution is -0.229. The number of benzene rings is 1. The van der Waals surface area contributed by atoms with Crippen LogP contribution < -0.4 is 5.32 Å². The molecule has 4 fully saturated rings. The summed E-state index contributed by atoms with van der Waals surface area (Å²) in [6, 6.07) is 10.4. The van der Waals surface area contributed by atoms with Gasteiger partial charge < -0.3 is 19.7 Å². The average Bonchev–Trinajstić information content (AvgIpc) is 3.40. The Balaban J connectivity index is 1.21. The van der Waals surface area contributed by atoms with Gasteiger partial charge in [0.15, 0.2) is 5.79 Å². The second-order valence-electron chi connectivity index (χ2n) is 8.39. The third-order valence-electron chi connectivity index (χ3n) is 6.72. The fourth-order valence-electron chi connectivity index (χ4n) is 5.49. The first kappa shape index (κ1) is 17.2. The van der Waals surface area contributed by atoms with Crippen molar-refractivity contribution in [1.29, 1.82) is 0 Å². The molecule has 0 radical (unpaired) electrons. The van der Waals surface area contributed by atoms with E-state index in [2.05, 4.69) is 17.4 Å². The Morgan fingerprint density at radius 2 is 1.85 bits per heavy atom. The molecule has 1 spiro atoms. The van der Waals surface area contributed by atoms with E-state index in [1.165, 1.54) is 0 Å². The van der Waals surface area contributed by atoms with E-state index < -0.39 is 11.7 Å². The number of amides is 2. The van der Waals surface area contributed by atoms with E-state index in [1.54, 1.807) is 0 Å². The molecule has 1 N–H and O–H groups in total. The van der Waals surface area contributed by atoms with Crippen molar-refractivity contribution in [2.75, 3.05) is 19.8 Å². The number of ether oxygens (including phenoxy) is 2. The maximum atomic E-state index is 13.0. The van der Waals surface area contributed by atoms with Crippen LogP contribution in [0.3, 0.4) is 0 Å². The Labute approximate surface area is 159 Å². The molecular weight excluding hydrogens is 344 g/mol. The largest absolute Gasteiger partial charge is 0.348 e. The van der Waals surface area contributed by atoms with Crippen molar-refractivity contribution in [2.24, 2.45) is 11.8 Å². The Bertz CT molecular complexity index is 723. The van der Waals surface area contributed by atoms with Gasteiger partial charge in [0.2, 0.25) is 0 Å². The number of carbonyl (C=O) groups excluding carboxylic acids is 2. The predicted molar refractivity (Wildman–Crippen MR) is 97.5 cm³/mol. The minimum atomic E-state index is -0.474. The number of piperidine rings is 1. The molecule has 4 aliphatic rings. The maximum Gasteiger partial charge on any atom is 0.312 e. The molecule has 6 heteroatoms.